The van der Waals surface area contributed by atoms with Crippen molar-refractivity contribution in [3.63, 3.8) is 0 Å². The number of aromatic nitrogens is 1. The van der Waals surface area contributed by atoms with Crippen molar-refractivity contribution in [1.29, 1.82) is 0 Å². The maximum Gasteiger partial charge on any atom is 0.263 e. The first kappa shape index (κ1) is 26.3. The molecule has 0 aliphatic heterocycles. The van der Waals surface area contributed by atoms with Gasteiger partial charge in [0.25, 0.3) is 17.4 Å². The number of furan rings is 1. The molecule has 3 rings (SSSR count). The van der Waals surface area contributed by atoms with E-state index >= 15 is 0 Å². The first-order valence-corrected chi connectivity index (χ1v) is 14.7. The van der Waals surface area contributed by atoms with Crippen LogP contribution in [0.1, 0.15) is 42.4 Å². The lowest BCUT2D eigenvalue weighted by atomic mass is 10.0. The lowest BCUT2D eigenvalue weighted by Crippen LogP contribution is -2.44. The Morgan fingerprint density at radius 3 is 2.53 bits per heavy atom. The van der Waals surface area contributed by atoms with Crippen molar-refractivity contribution in [2.45, 2.75) is 45.3 Å². The second kappa shape index (κ2) is 9.74. The van der Waals surface area contributed by atoms with Crippen LogP contribution in [0, 0.1) is 9.39 Å². The van der Waals surface area contributed by atoms with Gasteiger partial charge in [0, 0.05) is 22.7 Å². The molecule has 182 valence electrons. The Hall–Kier alpha value is -2.31. The Kier molecular flexibility index (Phi) is 7.53. The minimum Gasteiger partial charge on any atom is -0.463 e. The maximum absolute atomic E-state index is 14.6. The van der Waals surface area contributed by atoms with E-state index in [0.29, 0.717) is 5.56 Å². The average molecular weight is 598 g/mol. The highest BCUT2D eigenvalue weighted by molar-refractivity contribution is 14.1. The van der Waals surface area contributed by atoms with E-state index < -0.39 is 25.9 Å². The molecule has 2 amide bonds. The van der Waals surface area contributed by atoms with Gasteiger partial charge in [0.1, 0.15) is 18.0 Å². The molecule has 34 heavy (non-hydrogen) atoms. The van der Waals surface area contributed by atoms with Gasteiger partial charge in [-0.1, -0.05) is 26.8 Å². The van der Waals surface area contributed by atoms with Gasteiger partial charge in [-0.15, -0.1) is 0 Å². The molecule has 0 unspecified atom stereocenters. The molecule has 0 aliphatic rings. The quantitative estimate of drug-likeness (QED) is 0.327. The summed E-state index contributed by atoms with van der Waals surface area (Å²) in [4.78, 5) is 38.7. The molecular formula is C24H28FIN2O5Si. The van der Waals surface area contributed by atoms with Crippen molar-refractivity contribution in [3.8, 4) is 0 Å². The van der Waals surface area contributed by atoms with Crippen LogP contribution in [0.15, 0.2) is 39.7 Å². The normalized spacial score (nSPS) is 12.2. The van der Waals surface area contributed by atoms with Crippen LogP contribution in [0.4, 0.5) is 4.39 Å². The second-order valence-electron chi connectivity index (χ2n) is 9.69. The molecule has 0 spiro atoms. The number of rotatable bonds is 6. The monoisotopic (exact) mass is 598 g/mol. The Labute approximate surface area is 211 Å². The highest BCUT2D eigenvalue weighted by atomic mass is 127. The fourth-order valence-corrected chi connectivity index (χ4v) is 4.63. The van der Waals surface area contributed by atoms with Crippen molar-refractivity contribution >= 4 is 53.7 Å². The molecule has 3 aromatic rings. The van der Waals surface area contributed by atoms with E-state index in [1.807, 2.05) is 35.7 Å². The molecule has 10 heteroatoms. The topological polar surface area (TPSA) is 90.5 Å². The molecule has 0 aliphatic carbocycles. The van der Waals surface area contributed by atoms with Crippen molar-refractivity contribution < 1.29 is 22.8 Å². The third-order valence-electron chi connectivity index (χ3n) is 6.34. The minimum absolute atomic E-state index is 0.0146. The summed E-state index contributed by atoms with van der Waals surface area (Å²) < 4.78 is 28.0. The van der Waals surface area contributed by atoms with Gasteiger partial charge >= 0.3 is 0 Å². The summed E-state index contributed by atoms with van der Waals surface area (Å²) in [6, 6.07) is 6.19. The molecule has 2 aromatic heterocycles. The van der Waals surface area contributed by atoms with Crippen LogP contribution in [0.3, 0.4) is 0 Å². The Balaban J connectivity index is 1.97. The number of carbonyl (C=O) groups is 2. The van der Waals surface area contributed by atoms with E-state index in [1.165, 1.54) is 30.0 Å². The molecule has 0 bridgehead atoms. The summed E-state index contributed by atoms with van der Waals surface area (Å²) in [5, 5.41) is 2.45. The molecule has 0 atom stereocenters. The van der Waals surface area contributed by atoms with Crippen molar-refractivity contribution in [2.24, 2.45) is 7.05 Å². The van der Waals surface area contributed by atoms with Crippen molar-refractivity contribution in [2.75, 3.05) is 6.61 Å². The number of amides is 2. The molecule has 7 nitrogen and oxygen atoms in total. The lowest BCUT2D eigenvalue weighted by Gasteiger charge is -2.35. The zero-order valence-corrected chi connectivity index (χ0v) is 23.2. The molecule has 0 fully saturated rings. The maximum atomic E-state index is 14.6. The van der Waals surface area contributed by atoms with Crippen LogP contribution in [0.25, 0.3) is 11.0 Å². The zero-order valence-electron chi connectivity index (χ0n) is 20.0. The molecular weight excluding hydrogens is 570 g/mol. The van der Waals surface area contributed by atoms with Crippen LogP contribution < -0.4 is 10.9 Å². The smallest absolute Gasteiger partial charge is 0.263 e. The number of carbonyl (C=O) groups excluding carboxylic acids is 2. The fourth-order valence-electron chi connectivity index (χ4n) is 3.25. The van der Waals surface area contributed by atoms with Gasteiger partial charge in [-0.2, -0.15) is 0 Å². The van der Waals surface area contributed by atoms with E-state index in [-0.39, 0.29) is 45.9 Å². The van der Waals surface area contributed by atoms with Crippen LogP contribution in [0.5, 0.6) is 0 Å². The third kappa shape index (κ3) is 5.33. The van der Waals surface area contributed by atoms with Crippen molar-refractivity contribution in [1.82, 2.24) is 9.88 Å². The first-order chi connectivity index (χ1) is 15.7. The molecule has 1 aromatic carbocycles. The largest absolute Gasteiger partial charge is 0.463 e. The number of hydrogen-bond acceptors (Lipinski definition) is 5. The van der Waals surface area contributed by atoms with Gasteiger partial charge in [-0.05, 0) is 64.5 Å². The van der Waals surface area contributed by atoms with E-state index in [0.717, 1.165) is 3.57 Å². The highest BCUT2D eigenvalue weighted by Crippen LogP contribution is 2.36. The summed E-state index contributed by atoms with van der Waals surface area (Å²) in [5.41, 5.74) is 0.236. The summed E-state index contributed by atoms with van der Waals surface area (Å²) >= 11 is 2.00. The van der Waals surface area contributed by atoms with E-state index in [9.17, 15) is 18.8 Å². The highest BCUT2D eigenvalue weighted by Gasteiger charge is 2.37. The van der Waals surface area contributed by atoms with Gasteiger partial charge in [0.15, 0.2) is 13.9 Å². The third-order valence-corrected chi connectivity index (χ3v) is 11.5. The number of halogens is 2. The molecule has 1 N–H and O–H groups in total. The summed E-state index contributed by atoms with van der Waals surface area (Å²) in [7, 11) is -0.691. The van der Waals surface area contributed by atoms with Gasteiger partial charge in [-0.3, -0.25) is 19.7 Å². The standard InChI is InChI=1S/C24H28FIN2O5Si/c1-24(2,3)34(5,6)33-13-19(29)27-22(30)20-18(11-14-7-8-15(26)12-17(14)25)28(4)23(31)16-9-10-32-21(16)20/h7-10,12H,11,13H2,1-6H3,(H,27,29,30). The molecule has 0 radical (unpaired) electrons. The average Bonchev–Trinajstić information content (AvgIpc) is 3.21. The van der Waals surface area contributed by atoms with E-state index in [1.54, 1.807) is 12.1 Å². The van der Waals surface area contributed by atoms with Gasteiger partial charge < -0.3 is 13.4 Å². The Morgan fingerprint density at radius 2 is 1.91 bits per heavy atom. The van der Waals surface area contributed by atoms with E-state index in [2.05, 4.69) is 26.1 Å². The summed E-state index contributed by atoms with van der Waals surface area (Å²) in [6.07, 6.45) is 1.27. The minimum atomic E-state index is -2.20. The Bertz CT molecular complexity index is 1320. The number of benzene rings is 1. The molecule has 0 saturated heterocycles. The SMILES string of the molecule is Cn1c(Cc2ccc(I)cc2F)c(C(=O)NC(=O)CO[Si](C)(C)C(C)(C)C)c2occc2c1=O. The predicted octanol–water partition coefficient (Wildman–Crippen LogP) is 4.74. The van der Waals surface area contributed by atoms with Crippen LogP contribution >= 0.6 is 22.6 Å². The fraction of sp³-hybridized carbons (Fsp3) is 0.375. The van der Waals surface area contributed by atoms with Crippen molar-refractivity contribution in [3.05, 3.63) is 67.1 Å². The van der Waals surface area contributed by atoms with Crippen LogP contribution in [-0.2, 0) is 22.7 Å². The number of fused-ring (bicyclic) bond motifs is 1. The van der Waals surface area contributed by atoms with Gasteiger partial charge in [0.05, 0.1) is 11.6 Å². The second-order valence-corrected chi connectivity index (χ2v) is 15.7. The molecule has 2 heterocycles. The van der Waals surface area contributed by atoms with Crippen LogP contribution in [-0.4, -0.2) is 31.3 Å². The Morgan fingerprint density at radius 1 is 1.24 bits per heavy atom. The number of hydrogen-bond donors (Lipinski definition) is 1. The van der Waals surface area contributed by atoms with Gasteiger partial charge in [-0.25, -0.2) is 4.39 Å². The lowest BCUT2D eigenvalue weighted by molar-refractivity contribution is -0.122. The number of nitrogens with one attached hydrogen (secondary N) is 1. The predicted molar refractivity (Wildman–Crippen MR) is 139 cm³/mol. The number of nitrogens with zero attached hydrogens (tertiary/aromatic N) is 1. The zero-order chi connectivity index (χ0) is 25.4. The number of pyridine rings is 1. The number of imide groups is 1. The first-order valence-electron chi connectivity index (χ1n) is 10.7. The van der Waals surface area contributed by atoms with Gasteiger partial charge in [0.2, 0.25) is 0 Å². The van der Waals surface area contributed by atoms with Crippen LogP contribution in [0.2, 0.25) is 18.1 Å². The molecule has 0 saturated carbocycles. The summed E-state index contributed by atoms with van der Waals surface area (Å²) in [6.45, 7) is 9.91. The van der Waals surface area contributed by atoms with E-state index in [4.69, 9.17) is 8.84 Å². The summed E-state index contributed by atoms with van der Waals surface area (Å²) in [5.74, 6) is -1.79.